The van der Waals surface area contributed by atoms with Gasteiger partial charge < -0.3 is 15.2 Å². The van der Waals surface area contributed by atoms with Crippen molar-refractivity contribution in [2.45, 2.75) is 38.6 Å². The van der Waals surface area contributed by atoms with Crippen LogP contribution in [-0.2, 0) is 19.6 Å². The van der Waals surface area contributed by atoms with E-state index in [4.69, 9.17) is 9.84 Å². The number of para-hydroxylation sites is 1. The highest BCUT2D eigenvalue weighted by Crippen LogP contribution is 2.24. The molecule has 0 radical (unpaired) electrons. The van der Waals surface area contributed by atoms with Crippen LogP contribution in [0.25, 0.3) is 0 Å². The second-order valence-electron chi connectivity index (χ2n) is 7.80. The van der Waals surface area contributed by atoms with Gasteiger partial charge in [-0.3, -0.25) is 19.1 Å². The van der Waals surface area contributed by atoms with Crippen molar-refractivity contribution in [2.24, 2.45) is 5.41 Å². The van der Waals surface area contributed by atoms with Gasteiger partial charge in [-0.15, -0.1) is 0 Å². The highest BCUT2D eigenvalue weighted by atomic mass is 32.2. The first-order chi connectivity index (χ1) is 14.3. The smallest absolute Gasteiger partial charge is 0.325 e. The lowest BCUT2D eigenvalue weighted by Gasteiger charge is -2.16. The number of benzene rings is 2. The highest BCUT2D eigenvalue weighted by Gasteiger charge is 2.24. The van der Waals surface area contributed by atoms with Gasteiger partial charge >= 0.3 is 11.9 Å². The summed E-state index contributed by atoms with van der Waals surface area (Å²) in [4.78, 5) is 35.2. The lowest BCUT2D eigenvalue weighted by atomic mass is 9.97. The van der Waals surface area contributed by atoms with Crippen molar-refractivity contribution in [1.82, 2.24) is 5.32 Å². The average Bonchev–Trinajstić information content (AvgIpc) is 2.67. The van der Waals surface area contributed by atoms with Gasteiger partial charge in [0.2, 0.25) is 0 Å². The molecule has 0 aliphatic carbocycles. The number of hydrogen-bond acceptors (Lipinski definition) is 6. The first-order valence-corrected chi connectivity index (χ1v) is 10.8. The molecule has 0 unspecified atom stereocenters. The van der Waals surface area contributed by atoms with E-state index in [2.05, 4.69) is 10.0 Å². The fraction of sp³-hybridized carbons (Fsp3) is 0.286. The summed E-state index contributed by atoms with van der Waals surface area (Å²) < 4.78 is 33.1. The minimum atomic E-state index is -4.07. The SMILES string of the molecule is C[C@@H](NC(=O)c1ccccc1NS(=O)(=O)c1ccc(OC(=O)C(C)(C)C)cc1)C(=O)O. The second kappa shape index (κ2) is 9.17. The minimum Gasteiger partial charge on any atom is -0.480 e. The third-order valence-electron chi connectivity index (χ3n) is 4.09. The van der Waals surface area contributed by atoms with Gasteiger partial charge in [0.15, 0.2) is 0 Å². The van der Waals surface area contributed by atoms with Crippen LogP contribution in [0.5, 0.6) is 5.75 Å². The van der Waals surface area contributed by atoms with Crippen LogP contribution in [0.1, 0.15) is 38.1 Å². The van der Waals surface area contributed by atoms with E-state index in [1.165, 1.54) is 55.5 Å². The number of amides is 1. The van der Waals surface area contributed by atoms with Crippen LogP contribution in [0.15, 0.2) is 53.4 Å². The van der Waals surface area contributed by atoms with Crippen LogP contribution < -0.4 is 14.8 Å². The fourth-order valence-corrected chi connectivity index (χ4v) is 3.34. The summed E-state index contributed by atoms with van der Waals surface area (Å²) in [7, 11) is -4.07. The number of aliphatic carboxylic acids is 1. The van der Waals surface area contributed by atoms with Crippen LogP contribution in [0.2, 0.25) is 0 Å². The van der Waals surface area contributed by atoms with E-state index in [0.717, 1.165) is 0 Å². The van der Waals surface area contributed by atoms with Crippen molar-refractivity contribution < 1.29 is 32.6 Å². The number of nitrogens with one attached hydrogen (secondary N) is 2. The molecule has 10 heteroatoms. The van der Waals surface area contributed by atoms with Crippen molar-refractivity contribution in [3.8, 4) is 5.75 Å². The highest BCUT2D eigenvalue weighted by molar-refractivity contribution is 7.92. The monoisotopic (exact) mass is 448 g/mol. The standard InChI is InChI=1S/C21H24N2O7S/c1-13(19(25)26)22-18(24)16-7-5-6-8-17(16)23-31(28,29)15-11-9-14(10-12-15)30-20(27)21(2,3)4/h5-13,23H,1-4H3,(H,22,24)(H,25,26)/t13-/m1/s1. The number of carboxylic acids is 1. The number of ether oxygens (including phenoxy) is 1. The number of esters is 1. The molecule has 2 aromatic rings. The molecule has 2 rings (SSSR count). The largest absolute Gasteiger partial charge is 0.480 e. The molecular weight excluding hydrogens is 424 g/mol. The summed E-state index contributed by atoms with van der Waals surface area (Å²) >= 11 is 0. The molecule has 166 valence electrons. The Morgan fingerprint density at radius 3 is 2.13 bits per heavy atom. The number of sulfonamides is 1. The van der Waals surface area contributed by atoms with E-state index in [1.54, 1.807) is 20.8 Å². The van der Waals surface area contributed by atoms with Crippen LogP contribution >= 0.6 is 0 Å². The van der Waals surface area contributed by atoms with Crippen molar-refractivity contribution in [1.29, 1.82) is 0 Å². The van der Waals surface area contributed by atoms with Crippen molar-refractivity contribution in [2.75, 3.05) is 4.72 Å². The number of carbonyl (C=O) groups is 3. The zero-order chi connectivity index (χ0) is 23.4. The zero-order valence-corrected chi connectivity index (χ0v) is 18.3. The van der Waals surface area contributed by atoms with Gasteiger partial charge in [0.1, 0.15) is 11.8 Å². The summed E-state index contributed by atoms with van der Waals surface area (Å²) in [5, 5.41) is 11.2. The predicted octanol–water partition coefficient (Wildman–Crippen LogP) is 2.64. The zero-order valence-electron chi connectivity index (χ0n) is 17.5. The third-order valence-corrected chi connectivity index (χ3v) is 5.47. The van der Waals surface area contributed by atoms with Gasteiger partial charge in [0.05, 0.1) is 21.6 Å². The Labute approximate surface area is 180 Å². The molecule has 0 saturated carbocycles. The third kappa shape index (κ3) is 6.29. The van der Waals surface area contributed by atoms with E-state index in [1.807, 2.05) is 0 Å². The molecule has 1 atom stereocenters. The summed E-state index contributed by atoms with van der Waals surface area (Å²) in [5.74, 6) is -2.23. The molecular formula is C21H24N2O7S. The second-order valence-corrected chi connectivity index (χ2v) is 9.48. The number of carbonyl (C=O) groups excluding carboxylic acids is 2. The van der Waals surface area contributed by atoms with Crippen molar-refractivity contribution in [3.05, 3.63) is 54.1 Å². The Balaban J connectivity index is 2.22. The first kappa shape index (κ1) is 23.9. The molecule has 0 saturated heterocycles. The van der Waals surface area contributed by atoms with Gasteiger partial charge in [-0.1, -0.05) is 12.1 Å². The number of rotatable bonds is 7. The maximum Gasteiger partial charge on any atom is 0.325 e. The van der Waals surface area contributed by atoms with Gasteiger partial charge in [-0.25, -0.2) is 8.42 Å². The molecule has 31 heavy (non-hydrogen) atoms. The minimum absolute atomic E-state index is 0.0131. The van der Waals surface area contributed by atoms with E-state index >= 15 is 0 Å². The Hall–Kier alpha value is -3.40. The normalized spacial score (nSPS) is 12.5. The molecule has 0 heterocycles. The Bertz CT molecular complexity index is 1090. The van der Waals surface area contributed by atoms with Crippen LogP contribution in [0.4, 0.5) is 5.69 Å². The molecule has 2 aromatic carbocycles. The van der Waals surface area contributed by atoms with E-state index in [9.17, 15) is 22.8 Å². The van der Waals surface area contributed by atoms with Crippen LogP contribution in [0, 0.1) is 5.41 Å². The van der Waals surface area contributed by atoms with Crippen LogP contribution in [-0.4, -0.2) is 37.4 Å². The van der Waals surface area contributed by atoms with Gasteiger partial charge in [-0.2, -0.15) is 0 Å². The first-order valence-electron chi connectivity index (χ1n) is 9.29. The molecule has 0 fully saturated rings. The maximum atomic E-state index is 12.8. The summed E-state index contributed by atoms with van der Waals surface area (Å²) in [6.45, 7) is 6.38. The number of anilines is 1. The van der Waals surface area contributed by atoms with E-state index in [0.29, 0.717) is 0 Å². The molecule has 0 spiro atoms. The van der Waals surface area contributed by atoms with Gasteiger partial charge in [-0.05, 0) is 64.1 Å². The summed E-state index contributed by atoms with van der Waals surface area (Å²) in [5.41, 5.74) is -0.759. The number of hydrogen-bond donors (Lipinski definition) is 3. The van der Waals surface area contributed by atoms with Crippen molar-refractivity contribution in [3.63, 3.8) is 0 Å². The number of carboxylic acid groups (broad SMARTS) is 1. The topological polar surface area (TPSA) is 139 Å². The summed E-state index contributed by atoms with van der Waals surface area (Å²) in [6.07, 6.45) is 0. The van der Waals surface area contributed by atoms with Gasteiger partial charge in [0.25, 0.3) is 15.9 Å². The lowest BCUT2D eigenvalue weighted by molar-refractivity contribution is -0.143. The quantitative estimate of drug-likeness (QED) is 0.437. The van der Waals surface area contributed by atoms with Gasteiger partial charge in [0, 0.05) is 0 Å². The average molecular weight is 448 g/mol. The fourth-order valence-electron chi connectivity index (χ4n) is 2.26. The molecule has 0 aliphatic heterocycles. The molecule has 0 bridgehead atoms. The predicted molar refractivity (Wildman–Crippen MR) is 113 cm³/mol. The Morgan fingerprint density at radius 1 is 1.00 bits per heavy atom. The lowest BCUT2D eigenvalue weighted by Crippen LogP contribution is -2.38. The van der Waals surface area contributed by atoms with Crippen LogP contribution in [0.3, 0.4) is 0 Å². The Morgan fingerprint density at radius 2 is 1.58 bits per heavy atom. The Kier molecular flexibility index (Phi) is 7.06. The maximum absolute atomic E-state index is 12.8. The van der Waals surface area contributed by atoms with E-state index < -0.39 is 39.3 Å². The molecule has 3 N–H and O–H groups in total. The molecule has 0 aliphatic rings. The molecule has 0 aromatic heterocycles. The summed E-state index contributed by atoms with van der Waals surface area (Å²) in [6, 6.07) is 9.90. The van der Waals surface area contributed by atoms with Crippen molar-refractivity contribution >= 4 is 33.6 Å². The molecule has 1 amide bonds. The van der Waals surface area contributed by atoms with E-state index in [-0.39, 0.29) is 21.9 Å². The molecule has 9 nitrogen and oxygen atoms in total.